The van der Waals surface area contributed by atoms with Crippen LogP contribution in [-0.4, -0.2) is 22.2 Å². The second-order valence-corrected chi connectivity index (χ2v) is 5.82. The quantitative estimate of drug-likeness (QED) is 0.726. The molecule has 0 bridgehead atoms. The summed E-state index contributed by atoms with van der Waals surface area (Å²) in [7, 11) is 0. The predicted molar refractivity (Wildman–Crippen MR) is 94.2 cm³/mol. The van der Waals surface area contributed by atoms with E-state index < -0.39 is 0 Å². The van der Waals surface area contributed by atoms with Gasteiger partial charge in [-0.25, -0.2) is 0 Å². The van der Waals surface area contributed by atoms with Crippen molar-refractivity contribution < 1.29 is 14.6 Å². The number of nitrogens with zero attached hydrogens (tertiary/aromatic N) is 1. The number of carbonyl (C=O) groups is 1. The highest BCUT2D eigenvalue weighted by molar-refractivity contribution is 5.90. The van der Waals surface area contributed by atoms with Crippen LogP contribution in [0.2, 0.25) is 0 Å². The summed E-state index contributed by atoms with van der Waals surface area (Å²) in [6, 6.07) is 15.5. The molecule has 3 rings (SSSR count). The molecule has 4 nitrogen and oxygen atoms in total. The van der Waals surface area contributed by atoms with Gasteiger partial charge in [0.15, 0.2) is 0 Å². The summed E-state index contributed by atoms with van der Waals surface area (Å²) in [4.78, 5) is 12.0. The second-order valence-electron chi connectivity index (χ2n) is 5.82. The van der Waals surface area contributed by atoms with Gasteiger partial charge in [-0.05, 0) is 43.2 Å². The summed E-state index contributed by atoms with van der Waals surface area (Å²) in [5.41, 5.74) is 4.13. The molecule has 0 unspecified atom stereocenters. The molecule has 124 valence electrons. The Morgan fingerprint density at radius 3 is 2.62 bits per heavy atom. The van der Waals surface area contributed by atoms with E-state index in [9.17, 15) is 9.90 Å². The minimum absolute atomic E-state index is 0.199. The molecule has 0 atom stereocenters. The van der Waals surface area contributed by atoms with Gasteiger partial charge >= 0.3 is 5.97 Å². The summed E-state index contributed by atoms with van der Waals surface area (Å²) < 4.78 is 7.28. The number of aromatic nitrogens is 1. The fourth-order valence-corrected chi connectivity index (χ4v) is 3.09. The largest absolute Gasteiger partial charge is 0.508 e. The molecule has 0 spiro atoms. The molecule has 2 aromatic carbocycles. The molecule has 24 heavy (non-hydrogen) atoms. The van der Waals surface area contributed by atoms with Gasteiger partial charge in [-0.15, -0.1) is 0 Å². The fraction of sp³-hybridized carbons (Fsp3) is 0.250. The van der Waals surface area contributed by atoms with Crippen LogP contribution < -0.4 is 0 Å². The normalized spacial score (nSPS) is 10.9. The Labute approximate surface area is 141 Å². The predicted octanol–water partition coefficient (Wildman–Crippen LogP) is 3.81. The minimum Gasteiger partial charge on any atom is -0.508 e. The van der Waals surface area contributed by atoms with Crippen LogP contribution in [0.4, 0.5) is 0 Å². The Balaban J connectivity index is 2.08. The first-order valence-corrected chi connectivity index (χ1v) is 8.10. The maximum absolute atomic E-state index is 12.0. The zero-order chi connectivity index (χ0) is 17.1. The number of hydrogen-bond donors (Lipinski definition) is 1. The van der Waals surface area contributed by atoms with Crippen LogP contribution in [0, 0.1) is 6.92 Å². The van der Waals surface area contributed by atoms with Crippen LogP contribution in [0.3, 0.4) is 0 Å². The van der Waals surface area contributed by atoms with Gasteiger partial charge in [0.05, 0.1) is 13.0 Å². The second kappa shape index (κ2) is 6.79. The number of benzene rings is 2. The average molecular weight is 323 g/mol. The molecule has 0 radical (unpaired) electrons. The molecule has 1 aromatic heterocycles. The summed E-state index contributed by atoms with van der Waals surface area (Å²) >= 11 is 0. The van der Waals surface area contributed by atoms with Gasteiger partial charge in [0.25, 0.3) is 0 Å². The summed E-state index contributed by atoms with van der Waals surface area (Å²) in [6.07, 6.45) is 0.210. The van der Waals surface area contributed by atoms with Gasteiger partial charge in [0, 0.05) is 23.1 Å². The molecule has 3 aromatic rings. The Bertz CT molecular complexity index is 865. The number of fused-ring (bicyclic) bond motifs is 1. The Kier molecular flexibility index (Phi) is 4.56. The highest BCUT2D eigenvalue weighted by atomic mass is 16.5. The van der Waals surface area contributed by atoms with Gasteiger partial charge in [0.2, 0.25) is 0 Å². The highest BCUT2D eigenvalue weighted by Gasteiger charge is 2.18. The Morgan fingerprint density at radius 1 is 1.17 bits per heavy atom. The molecule has 0 saturated carbocycles. The van der Waals surface area contributed by atoms with Gasteiger partial charge in [-0.3, -0.25) is 4.79 Å². The van der Waals surface area contributed by atoms with Gasteiger partial charge in [0.1, 0.15) is 5.75 Å². The van der Waals surface area contributed by atoms with E-state index in [-0.39, 0.29) is 18.1 Å². The molecule has 0 aliphatic heterocycles. The van der Waals surface area contributed by atoms with Crippen LogP contribution >= 0.6 is 0 Å². The maximum atomic E-state index is 12.0. The van der Waals surface area contributed by atoms with Crippen LogP contribution in [0.1, 0.15) is 23.7 Å². The van der Waals surface area contributed by atoms with Crippen molar-refractivity contribution in [3.05, 3.63) is 65.4 Å². The molecule has 0 amide bonds. The van der Waals surface area contributed by atoms with Gasteiger partial charge in [-0.1, -0.05) is 30.3 Å². The number of ether oxygens (including phenoxy) is 1. The lowest BCUT2D eigenvalue weighted by Crippen LogP contribution is -2.09. The molecule has 0 aliphatic rings. The Morgan fingerprint density at radius 2 is 1.92 bits per heavy atom. The zero-order valence-corrected chi connectivity index (χ0v) is 14.0. The number of phenolic OH excluding ortho intramolecular Hbond substituents is 1. The molecule has 1 heterocycles. The van der Waals surface area contributed by atoms with Crippen molar-refractivity contribution in [2.75, 3.05) is 6.61 Å². The monoisotopic (exact) mass is 323 g/mol. The van der Waals surface area contributed by atoms with Crippen molar-refractivity contribution in [3.63, 3.8) is 0 Å². The lowest BCUT2D eigenvalue weighted by atomic mass is 10.1. The molecular weight excluding hydrogens is 302 g/mol. The van der Waals surface area contributed by atoms with Crippen LogP contribution in [0.5, 0.6) is 5.75 Å². The third-order valence-electron chi connectivity index (χ3n) is 4.25. The highest BCUT2D eigenvalue weighted by Crippen LogP contribution is 2.30. The first-order chi connectivity index (χ1) is 11.6. The topological polar surface area (TPSA) is 51.5 Å². The number of hydrogen-bond acceptors (Lipinski definition) is 3. The minimum atomic E-state index is -0.247. The lowest BCUT2D eigenvalue weighted by molar-refractivity contribution is -0.142. The van der Waals surface area contributed by atoms with Gasteiger partial charge in [-0.2, -0.15) is 0 Å². The number of rotatable bonds is 5. The van der Waals surface area contributed by atoms with E-state index in [1.807, 2.05) is 31.2 Å². The Hall–Kier alpha value is -2.75. The first kappa shape index (κ1) is 16.1. The first-order valence-electron chi connectivity index (χ1n) is 8.10. The number of carbonyl (C=O) groups excluding carboxylic acids is 1. The molecule has 0 aliphatic carbocycles. The van der Waals surface area contributed by atoms with E-state index in [4.69, 9.17) is 4.74 Å². The smallest absolute Gasteiger partial charge is 0.310 e. The maximum Gasteiger partial charge on any atom is 0.310 e. The van der Waals surface area contributed by atoms with Gasteiger partial charge < -0.3 is 14.4 Å². The van der Waals surface area contributed by atoms with Crippen molar-refractivity contribution in [1.82, 2.24) is 4.57 Å². The number of phenols is 1. The van der Waals surface area contributed by atoms with Crippen LogP contribution in [-0.2, 0) is 22.5 Å². The summed E-state index contributed by atoms with van der Waals surface area (Å²) in [5, 5.41) is 10.8. The van der Waals surface area contributed by atoms with Crippen molar-refractivity contribution in [2.45, 2.75) is 26.8 Å². The van der Waals surface area contributed by atoms with E-state index in [2.05, 4.69) is 16.7 Å². The van der Waals surface area contributed by atoms with Crippen molar-refractivity contribution in [2.24, 2.45) is 0 Å². The van der Waals surface area contributed by atoms with Crippen molar-refractivity contribution >= 4 is 16.9 Å². The molecule has 0 fully saturated rings. The van der Waals surface area contributed by atoms with E-state index in [0.29, 0.717) is 6.61 Å². The van der Waals surface area contributed by atoms with E-state index in [1.54, 1.807) is 19.1 Å². The van der Waals surface area contributed by atoms with E-state index >= 15 is 0 Å². The SMILES string of the molecule is CCOC(=O)Cc1c(C)n(Cc2ccccc2)c2ccc(O)cc12. The fourth-order valence-electron chi connectivity index (χ4n) is 3.09. The number of aromatic hydroxyl groups is 1. The molecule has 0 saturated heterocycles. The summed E-state index contributed by atoms with van der Waals surface area (Å²) in [5.74, 6) is -0.0489. The van der Waals surface area contributed by atoms with Crippen LogP contribution in [0.15, 0.2) is 48.5 Å². The molecule has 4 heteroatoms. The number of esters is 1. The standard InChI is InChI=1S/C20H21NO3/c1-3-24-20(23)12-17-14(2)21(13-15-7-5-4-6-8-15)19-10-9-16(22)11-18(17)19/h4-11,22H,3,12-13H2,1-2H3. The van der Waals surface area contributed by atoms with Crippen LogP contribution in [0.25, 0.3) is 10.9 Å². The van der Waals surface area contributed by atoms with Crippen molar-refractivity contribution in [1.29, 1.82) is 0 Å². The zero-order valence-electron chi connectivity index (χ0n) is 14.0. The van der Waals surface area contributed by atoms with E-state index in [1.165, 1.54) is 5.56 Å². The third-order valence-corrected chi connectivity index (χ3v) is 4.25. The summed E-state index contributed by atoms with van der Waals surface area (Å²) in [6.45, 7) is 4.90. The van der Waals surface area contributed by atoms with Crippen molar-refractivity contribution in [3.8, 4) is 5.75 Å². The van der Waals surface area contributed by atoms with E-state index in [0.717, 1.165) is 28.7 Å². The molecular formula is C20H21NO3. The molecule has 1 N–H and O–H groups in total. The average Bonchev–Trinajstić information content (AvgIpc) is 2.81. The lowest BCUT2D eigenvalue weighted by Gasteiger charge is -2.09. The third kappa shape index (κ3) is 3.13.